The van der Waals surface area contributed by atoms with Crippen molar-refractivity contribution in [3.8, 4) is 11.1 Å². The van der Waals surface area contributed by atoms with E-state index >= 15 is 0 Å². The van der Waals surface area contributed by atoms with Crippen LogP contribution in [0.5, 0.6) is 0 Å². The van der Waals surface area contributed by atoms with Gasteiger partial charge in [0.05, 0.1) is 6.42 Å². The molecular formula is C17H16F3NO2. The van der Waals surface area contributed by atoms with Crippen LogP contribution in [0.2, 0.25) is 0 Å². The van der Waals surface area contributed by atoms with Crippen LogP contribution in [0.4, 0.5) is 13.2 Å². The van der Waals surface area contributed by atoms with E-state index in [4.69, 9.17) is 10.8 Å². The van der Waals surface area contributed by atoms with Gasteiger partial charge in [0.1, 0.15) is 17.5 Å². The first-order chi connectivity index (χ1) is 10.8. The van der Waals surface area contributed by atoms with Crippen LogP contribution in [0.25, 0.3) is 11.1 Å². The van der Waals surface area contributed by atoms with E-state index in [1.54, 1.807) is 0 Å². The van der Waals surface area contributed by atoms with E-state index in [1.165, 1.54) is 38.1 Å². The highest BCUT2D eigenvalue weighted by Crippen LogP contribution is 2.36. The fourth-order valence-corrected chi connectivity index (χ4v) is 2.55. The first-order valence-corrected chi connectivity index (χ1v) is 6.96. The molecule has 0 heterocycles. The van der Waals surface area contributed by atoms with Crippen LogP contribution in [-0.2, 0) is 4.79 Å². The van der Waals surface area contributed by atoms with Gasteiger partial charge in [0, 0.05) is 22.7 Å². The zero-order valence-electron chi connectivity index (χ0n) is 12.7. The van der Waals surface area contributed by atoms with E-state index in [-0.39, 0.29) is 22.3 Å². The molecule has 0 aromatic heterocycles. The Morgan fingerprint density at radius 2 is 1.74 bits per heavy atom. The summed E-state index contributed by atoms with van der Waals surface area (Å²) < 4.78 is 43.3. The highest BCUT2D eigenvalue weighted by atomic mass is 19.1. The van der Waals surface area contributed by atoms with E-state index in [1.807, 2.05) is 0 Å². The summed E-state index contributed by atoms with van der Waals surface area (Å²) in [5, 5.41) is 8.80. The first-order valence-electron chi connectivity index (χ1n) is 6.96. The fourth-order valence-electron chi connectivity index (χ4n) is 2.55. The van der Waals surface area contributed by atoms with Crippen molar-refractivity contribution in [1.29, 1.82) is 0 Å². The van der Waals surface area contributed by atoms with Crippen molar-refractivity contribution in [2.24, 2.45) is 5.73 Å². The molecule has 122 valence electrons. The number of carbonyl (C=O) groups is 1. The van der Waals surface area contributed by atoms with Crippen molar-refractivity contribution < 1.29 is 23.1 Å². The molecule has 0 fully saturated rings. The molecule has 0 saturated heterocycles. The van der Waals surface area contributed by atoms with E-state index in [0.29, 0.717) is 0 Å². The molecule has 0 radical (unpaired) electrons. The minimum atomic E-state index is -1.36. The van der Waals surface area contributed by atoms with Gasteiger partial charge in [-0.2, -0.15) is 0 Å². The smallest absolute Gasteiger partial charge is 0.305 e. The van der Waals surface area contributed by atoms with E-state index in [2.05, 4.69) is 0 Å². The second-order valence-corrected chi connectivity index (χ2v) is 5.35. The number of aliphatic carboxylic acids is 1. The second kappa shape index (κ2) is 6.42. The summed E-state index contributed by atoms with van der Waals surface area (Å²) in [5.74, 6) is -3.85. The quantitative estimate of drug-likeness (QED) is 0.898. The van der Waals surface area contributed by atoms with Crippen molar-refractivity contribution >= 4 is 5.97 Å². The number of carboxylic acid groups (broad SMARTS) is 1. The molecule has 2 aromatic carbocycles. The van der Waals surface area contributed by atoms with Gasteiger partial charge in [-0.3, -0.25) is 4.79 Å². The predicted octanol–water partition coefficient (Wildman–Crippen LogP) is 3.86. The van der Waals surface area contributed by atoms with Crippen LogP contribution in [0.1, 0.15) is 29.2 Å². The monoisotopic (exact) mass is 323 g/mol. The average molecular weight is 323 g/mol. The highest BCUT2D eigenvalue weighted by Gasteiger charge is 2.27. The zero-order chi connectivity index (χ0) is 17.3. The van der Waals surface area contributed by atoms with Gasteiger partial charge in [-0.25, -0.2) is 13.2 Å². The maximum Gasteiger partial charge on any atom is 0.305 e. The summed E-state index contributed by atoms with van der Waals surface area (Å²) in [6.45, 7) is 2.90. The molecule has 2 aromatic rings. The molecule has 1 unspecified atom stereocenters. The minimum absolute atomic E-state index is 0.0191. The molecule has 23 heavy (non-hydrogen) atoms. The zero-order valence-corrected chi connectivity index (χ0v) is 12.7. The number of halogens is 3. The third-order valence-corrected chi connectivity index (χ3v) is 3.87. The van der Waals surface area contributed by atoms with Crippen LogP contribution in [0.3, 0.4) is 0 Å². The molecular weight excluding hydrogens is 307 g/mol. The number of carboxylic acids is 1. The summed E-state index contributed by atoms with van der Waals surface area (Å²) in [5.41, 5.74) is 5.35. The van der Waals surface area contributed by atoms with Crippen LogP contribution < -0.4 is 5.73 Å². The lowest BCUT2D eigenvalue weighted by Crippen LogP contribution is -2.20. The second-order valence-electron chi connectivity index (χ2n) is 5.35. The normalized spacial score (nSPS) is 12.3. The number of nitrogens with two attached hydrogens (primary N) is 1. The largest absolute Gasteiger partial charge is 0.481 e. The lowest BCUT2D eigenvalue weighted by Gasteiger charge is -2.19. The molecule has 0 spiro atoms. The lowest BCUT2D eigenvalue weighted by atomic mass is 9.89. The number of hydrogen-bond donors (Lipinski definition) is 2. The molecule has 0 amide bonds. The Bertz CT molecular complexity index is 775. The molecule has 1 atom stereocenters. The van der Waals surface area contributed by atoms with Gasteiger partial charge >= 0.3 is 5.97 Å². The number of benzene rings is 2. The van der Waals surface area contributed by atoms with Crippen LogP contribution >= 0.6 is 0 Å². The van der Waals surface area contributed by atoms with E-state index in [0.717, 1.165) is 0 Å². The summed E-state index contributed by atoms with van der Waals surface area (Å²) in [6, 6.07) is 4.18. The third-order valence-electron chi connectivity index (χ3n) is 3.87. The summed E-state index contributed by atoms with van der Waals surface area (Å²) in [6.07, 6.45) is -0.632. The molecule has 0 bridgehead atoms. The van der Waals surface area contributed by atoms with Gasteiger partial charge < -0.3 is 10.8 Å². The van der Waals surface area contributed by atoms with E-state index < -0.39 is 41.4 Å². The van der Waals surface area contributed by atoms with Gasteiger partial charge in [-0.15, -0.1) is 0 Å². The Hall–Kier alpha value is -2.34. The topological polar surface area (TPSA) is 63.3 Å². The molecule has 6 heteroatoms. The van der Waals surface area contributed by atoms with Gasteiger partial charge in [0.2, 0.25) is 0 Å². The molecule has 3 N–H and O–H groups in total. The molecule has 0 aliphatic heterocycles. The Balaban J connectivity index is 2.77. The predicted molar refractivity (Wildman–Crippen MR) is 80.4 cm³/mol. The van der Waals surface area contributed by atoms with E-state index in [9.17, 15) is 18.0 Å². The molecule has 2 rings (SSSR count). The summed E-state index contributed by atoms with van der Waals surface area (Å²) in [4.78, 5) is 10.8. The minimum Gasteiger partial charge on any atom is -0.481 e. The SMILES string of the molecule is Cc1c(C)c(-c2ccccc2F)c(F)c(C(N)CC(=O)O)c1F. The molecule has 0 saturated carbocycles. The third kappa shape index (κ3) is 3.07. The summed E-state index contributed by atoms with van der Waals surface area (Å²) >= 11 is 0. The van der Waals surface area contributed by atoms with Crippen LogP contribution in [-0.4, -0.2) is 11.1 Å². The van der Waals surface area contributed by atoms with Crippen LogP contribution in [0, 0.1) is 31.3 Å². The standard InChI is InChI=1S/C17H16F3NO2/c1-8-9(2)16(19)15(12(21)7-13(22)23)17(20)14(8)10-5-3-4-6-11(10)18/h3-6,12H,7,21H2,1-2H3,(H,22,23). The van der Waals surface area contributed by atoms with Crippen molar-refractivity contribution in [3.63, 3.8) is 0 Å². The Morgan fingerprint density at radius 3 is 2.30 bits per heavy atom. The highest BCUT2D eigenvalue weighted by molar-refractivity contribution is 5.72. The molecule has 0 aliphatic rings. The molecule has 3 nitrogen and oxygen atoms in total. The van der Waals surface area contributed by atoms with Crippen molar-refractivity contribution in [2.45, 2.75) is 26.3 Å². The lowest BCUT2D eigenvalue weighted by molar-refractivity contribution is -0.137. The van der Waals surface area contributed by atoms with Crippen molar-refractivity contribution in [2.75, 3.05) is 0 Å². The van der Waals surface area contributed by atoms with Crippen LogP contribution in [0.15, 0.2) is 24.3 Å². The van der Waals surface area contributed by atoms with Gasteiger partial charge in [0.25, 0.3) is 0 Å². The van der Waals surface area contributed by atoms with Gasteiger partial charge in [0.15, 0.2) is 0 Å². The van der Waals surface area contributed by atoms with Crippen molar-refractivity contribution in [3.05, 3.63) is 58.4 Å². The van der Waals surface area contributed by atoms with Gasteiger partial charge in [-0.05, 0) is 31.0 Å². The fraction of sp³-hybridized carbons (Fsp3) is 0.235. The van der Waals surface area contributed by atoms with Gasteiger partial charge in [-0.1, -0.05) is 18.2 Å². The number of rotatable bonds is 4. The Kier molecular flexibility index (Phi) is 4.75. The Morgan fingerprint density at radius 1 is 1.13 bits per heavy atom. The summed E-state index contributed by atoms with van der Waals surface area (Å²) in [7, 11) is 0. The maximum absolute atomic E-state index is 14.9. The first kappa shape index (κ1) is 17.0. The Labute approximate surface area is 131 Å². The number of hydrogen-bond acceptors (Lipinski definition) is 2. The van der Waals surface area contributed by atoms with Crippen molar-refractivity contribution in [1.82, 2.24) is 0 Å². The maximum atomic E-state index is 14.9. The molecule has 0 aliphatic carbocycles. The average Bonchev–Trinajstić information content (AvgIpc) is 2.46.